The molecule has 0 aliphatic rings. The van der Waals surface area contributed by atoms with E-state index in [0.29, 0.717) is 25.0 Å². The van der Waals surface area contributed by atoms with Gasteiger partial charge >= 0.3 is 6.01 Å². The van der Waals surface area contributed by atoms with Gasteiger partial charge in [0, 0.05) is 26.9 Å². The van der Waals surface area contributed by atoms with E-state index in [-0.39, 0.29) is 0 Å². The smallest absolute Gasteiger partial charge is 0.321 e. The second-order valence-corrected chi connectivity index (χ2v) is 3.25. The first-order valence-corrected chi connectivity index (χ1v) is 4.85. The number of nitrogens with zero attached hydrogens (tertiary/aromatic N) is 4. The van der Waals surface area contributed by atoms with E-state index >= 15 is 0 Å². The molecule has 0 spiro atoms. The summed E-state index contributed by atoms with van der Waals surface area (Å²) in [5.74, 6) is 0.521. The first-order valence-electron chi connectivity index (χ1n) is 4.85. The minimum Gasteiger partial charge on any atom is -0.383 e. The van der Waals surface area contributed by atoms with Gasteiger partial charge in [0.15, 0.2) is 0 Å². The summed E-state index contributed by atoms with van der Waals surface area (Å²) in [5.41, 5.74) is 0.825. The first-order chi connectivity index (χ1) is 7.79. The van der Waals surface area contributed by atoms with Crippen molar-refractivity contribution in [2.45, 2.75) is 0 Å². The highest BCUT2D eigenvalue weighted by molar-refractivity contribution is 5.52. The summed E-state index contributed by atoms with van der Waals surface area (Å²) in [6.07, 6.45) is 3.51. The highest BCUT2D eigenvalue weighted by Crippen LogP contribution is 2.15. The molecule has 1 N–H and O–H groups in total. The van der Waals surface area contributed by atoms with Gasteiger partial charge in [0.2, 0.25) is 5.82 Å². The van der Waals surface area contributed by atoms with Crippen molar-refractivity contribution >= 4 is 6.01 Å². The summed E-state index contributed by atoms with van der Waals surface area (Å²) in [7, 11) is 3.47. The molecule has 0 unspecified atom stereocenters. The van der Waals surface area contributed by atoms with Crippen LogP contribution in [0, 0.1) is 0 Å². The quantitative estimate of drug-likeness (QED) is 0.745. The SMILES string of the molecule is COCCNc1nc(-c2cnn(C)c2)no1. The van der Waals surface area contributed by atoms with E-state index in [1.165, 1.54) is 0 Å². The zero-order valence-electron chi connectivity index (χ0n) is 9.17. The summed E-state index contributed by atoms with van der Waals surface area (Å²) >= 11 is 0. The summed E-state index contributed by atoms with van der Waals surface area (Å²) in [6, 6.07) is 0.385. The topological polar surface area (TPSA) is 78.0 Å². The standard InChI is InChI=1S/C9H13N5O2/c1-14-6-7(5-11-14)8-12-9(16-13-8)10-3-4-15-2/h5-6H,3-4H2,1-2H3,(H,10,12,13). The van der Waals surface area contributed by atoms with Crippen LogP contribution in [0.2, 0.25) is 0 Å². The number of methoxy groups -OCH3 is 1. The number of aryl methyl sites for hydroxylation is 1. The number of aromatic nitrogens is 4. The van der Waals surface area contributed by atoms with Crippen LogP contribution in [0.15, 0.2) is 16.9 Å². The van der Waals surface area contributed by atoms with Crippen LogP contribution in [0.1, 0.15) is 0 Å². The Morgan fingerprint density at radius 2 is 2.44 bits per heavy atom. The third-order valence-electron chi connectivity index (χ3n) is 1.97. The predicted octanol–water partition coefficient (Wildman–Crippen LogP) is 0.528. The highest BCUT2D eigenvalue weighted by Gasteiger charge is 2.09. The molecule has 2 aromatic rings. The fourth-order valence-corrected chi connectivity index (χ4v) is 1.21. The van der Waals surface area contributed by atoms with Gasteiger partial charge in [0.05, 0.1) is 18.4 Å². The number of nitrogens with one attached hydrogen (secondary N) is 1. The normalized spacial score (nSPS) is 10.6. The van der Waals surface area contributed by atoms with Gasteiger partial charge < -0.3 is 14.6 Å². The van der Waals surface area contributed by atoms with E-state index in [9.17, 15) is 0 Å². The molecule has 0 aromatic carbocycles. The summed E-state index contributed by atoms with van der Waals surface area (Å²) in [6.45, 7) is 1.22. The zero-order valence-corrected chi connectivity index (χ0v) is 9.17. The highest BCUT2D eigenvalue weighted by atomic mass is 16.5. The molecule has 7 nitrogen and oxygen atoms in total. The molecule has 0 fully saturated rings. The average Bonchev–Trinajstić information content (AvgIpc) is 2.87. The van der Waals surface area contributed by atoms with E-state index in [1.807, 2.05) is 13.2 Å². The molecular formula is C9H13N5O2. The van der Waals surface area contributed by atoms with Crippen LogP contribution in [0.25, 0.3) is 11.4 Å². The van der Waals surface area contributed by atoms with Crippen LogP contribution < -0.4 is 5.32 Å². The lowest BCUT2D eigenvalue weighted by molar-refractivity contribution is 0.210. The summed E-state index contributed by atoms with van der Waals surface area (Å²) in [5, 5.41) is 10.8. The lowest BCUT2D eigenvalue weighted by Gasteiger charge is -1.97. The molecule has 2 heterocycles. The predicted molar refractivity (Wildman–Crippen MR) is 56.9 cm³/mol. The van der Waals surface area contributed by atoms with Crippen molar-refractivity contribution in [1.29, 1.82) is 0 Å². The van der Waals surface area contributed by atoms with Gasteiger partial charge in [-0.25, -0.2) is 0 Å². The maximum absolute atomic E-state index is 5.01. The summed E-state index contributed by atoms with van der Waals surface area (Å²) in [4.78, 5) is 4.17. The largest absolute Gasteiger partial charge is 0.383 e. The van der Waals surface area contributed by atoms with Gasteiger partial charge in [-0.05, 0) is 0 Å². The Morgan fingerprint density at radius 1 is 1.56 bits per heavy atom. The van der Waals surface area contributed by atoms with E-state index in [2.05, 4.69) is 20.6 Å². The van der Waals surface area contributed by atoms with Crippen molar-refractivity contribution in [1.82, 2.24) is 19.9 Å². The Labute approximate surface area is 92.4 Å². The van der Waals surface area contributed by atoms with Crippen molar-refractivity contribution in [3.8, 4) is 11.4 Å². The molecule has 16 heavy (non-hydrogen) atoms. The maximum atomic E-state index is 5.01. The minimum atomic E-state index is 0.385. The molecule has 0 bridgehead atoms. The molecule has 2 aromatic heterocycles. The second kappa shape index (κ2) is 4.75. The van der Waals surface area contributed by atoms with Crippen molar-refractivity contribution in [2.24, 2.45) is 7.05 Å². The third kappa shape index (κ3) is 2.37. The Morgan fingerprint density at radius 3 is 3.12 bits per heavy atom. The molecule has 86 valence electrons. The van der Waals surface area contributed by atoms with Gasteiger partial charge in [-0.3, -0.25) is 4.68 Å². The lowest BCUT2D eigenvalue weighted by Crippen LogP contribution is -2.07. The molecule has 0 aliphatic heterocycles. The zero-order chi connectivity index (χ0) is 11.4. The Kier molecular flexibility index (Phi) is 3.16. The van der Waals surface area contributed by atoms with E-state index < -0.39 is 0 Å². The minimum absolute atomic E-state index is 0.385. The van der Waals surface area contributed by atoms with Crippen molar-refractivity contribution in [2.75, 3.05) is 25.6 Å². The molecule has 0 amide bonds. The van der Waals surface area contributed by atoms with Crippen molar-refractivity contribution in [3.05, 3.63) is 12.4 Å². The molecule has 2 rings (SSSR count). The molecule has 0 saturated carbocycles. The fourth-order valence-electron chi connectivity index (χ4n) is 1.21. The van der Waals surface area contributed by atoms with E-state index in [0.717, 1.165) is 5.56 Å². The Hall–Kier alpha value is -1.89. The number of hydrogen-bond acceptors (Lipinski definition) is 6. The summed E-state index contributed by atoms with van der Waals surface area (Å²) < 4.78 is 11.6. The van der Waals surface area contributed by atoms with Gasteiger partial charge in [-0.2, -0.15) is 10.1 Å². The average molecular weight is 223 g/mol. The van der Waals surface area contributed by atoms with Gasteiger partial charge in [-0.15, -0.1) is 0 Å². The van der Waals surface area contributed by atoms with Gasteiger partial charge in [0.25, 0.3) is 0 Å². The van der Waals surface area contributed by atoms with Crippen molar-refractivity contribution < 1.29 is 9.26 Å². The van der Waals surface area contributed by atoms with Crippen LogP contribution in [0.5, 0.6) is 0 Å². The van der Waals surface area contributed by atoms with E-state index in [4.69, 9.17) is 9.26 Å². The molecular weight excluding hydrogens is 210 g/mol. The number of anilines is 1. The number of ether oxygens (including phenoxy) is 1. The first kappa shape index (κ1) is 10.6. The number of rotatable bonds is 5. The van der Waals surface area contributed by atoms with Crippen molar-refractivity contribution in [3.63, 3.8) is 0 Å². The third-order valence-corrected chi connectivity index (χ3v) is 1.97. The molecule has 0 saturated heterocycles. The number of hydrogen-bond donors (Lipinski definition) is 1. The fraction of sp³-hybridized carbons (Fsp3) is 0.444. The molecule has 0 atom stereocenters. The maximum Gasteiger partial charge on any atom is 0.321 e. The monoisotopic (exact) mass is 223 g/mol. The van der Waals surface area contributed by atoms with Crippen LogP contribution in [0.4, 0.5) is 6.01 Å². The molecule has 0 radical (unpaired) electrons. The molecule has 7 heteroatoms. The Bertz CT molecular complexity index is 450. The van der Waals surface area contributed by atoms with Gasteiger partial charge in [-0.1, -0.05) is 5.16 Å². The van der Waals surface area contributed by atoms with Gasteiger partial charge in [0.1, 0.15) is 0 Å². The lowest BCUT2D eigenvalue weighted by atomic mass is 10.3. The molecule has 0 aliphatic carbocycles. The second-order valence-electron chi connectivity index (χ2n) is 3.25. The van der Waals surface area contributed by atoms with Crippen LogP contribution in [-0.4, -0.2) is 40.2 Å². The van der Waals surface area contributed by atoms with Crippen LogP contribution in [-0.2, 0) is 11.8 Å². The Balaban J connectivity index is 2.02. The van der Waals surface area contributed by atoms with Crippen LogP contribution >= 0.6 is 0 Å². The van der Waals surface area contributed by atoms with Crippen LogP contribution in [0.3, 0.4) is 0 Å². The van der Waals surface area contributed by atoms with E-state index in [1.54, 1.807) is 18.0 Å².